The molecule has 2 N–H and O–H groups in total. The number of thioether (sulfide) groups is 1. The maximum absolute atomic E-state index is 12.3. The summed E-state index contributed by atoms with van der Waals surface area (Å²) < 4.78 is 1.14. The standard InChI is InChI=1S/C15H19N3O3S/c1-22-7-6-12(10-19)17-14(20)9-18-15(21)13-5-3-2-4-11(13)8-16-18/h2-5,8,12,19H,6-7,9-10H2,1H3,(H,17,20)/t12-/m0/s1. The molecule has 118 valence electrons. The third kappa shape index (κ3) is 4.08. The van der Waals surface area contributed by atoms with Crippen LogP contribution in [0, 0.1) is 0 Å². The minimum atomic E-state index is -0.329. The minimum Gasteiger partial charge on any atom is -0.394 e. The Morgan fingerprint density at radius 3 is 2.95 bits per heavy atom. The number of hydrogen-bond acceptors (Lipinski definition) is 5. The van der Waals surface area contributed by atoms with Crippen LogP contribution in [0.25, 0.3) is 10.8 Å². The molecule has 6 nitrogen and oxygen atoms in total. The Morgan fingerprint density at radius 1 is 1.45 bits per heavy atom. The molecule has 2 aromatic rings. The number of hydrogen-bond donors (Lipinski definition) is 2. The van der Waals surface area contributed by atoms with Crippen molar-refractivity contribution in [3.63, 3.8) is 0 Å². The first kappa shape index (κ1) is 16.5. The molecule has 0 spiro atoms. The van der Waals surface area contributed by atoms with Crippen molar-refractivity contribution in [3.05, 3.63) is 40.8 Å². The number of aliphatic hydroxyl groups excluding tert-OH is 1. The maximum Gasteiger partial charge on any atom is 0.275 e. The van der Waals surface area contributed by atoms with E-state index in [1.807, 2.05) is 12.3 Å². The van der Waals surface area contributed by atoms with Gasteiger partial charge in [0.05, 0.1) is 24.2 Å². The average molecular weight is 321 g/mol. The molecule has 7 heteroatoms. The van der Waals surface area contributed by atoms with Gasteiger partial charge in [-0.1, -0.05) is 18.2 Å². The van der Waals surface area contributed by atoms with Gasteiger partial charge in [-0.2, -0.15) is 16.9 Å². The number of nitrogens with one attached hydrogen (secondary N) is 1. The summed E-state index contributed by atoms with van der Waals surface area (Å²) in [7, 11) is 0. The molecule has 1 atom stereocenters. The van der Waals surface area contributed by atoms with Gasteiger partial charge in [-0.25, -0.2) is 4.68 Å². The van der Waals surface area contributed by atoms with E-state index in [1.165, 1.54) is 0 Å². The zero-order valence-corrected chi connectivity index (χ0v) is 13.2. The summed E-state index contributed by atoms with van der Waals surface area (Å²) in [5.74, 6) is 0.518. The molecule has 0 unspecified atom stereocenters. The number of carbonyl (C=O) groups is 1. The van der Waals surface area contributed by atoms with Crippen LogP contribution in [-0.2, 0) is 11.3 Å². The smallest absolute Gasteiger partial charge is 0.275 e. The summed E-state index contributed by atoms with van der Waals surface area (Å²) in [6.45, 7) is -0.272. The Balaban J connectivity index is 2.08. The molecule has 0 saturated carbocycles. The minimum absolute atomic E-state index is 0.119. The maximum atomic E-state index is 12.3. The Labute approximate surface area is 132 Å². The van der Waals surface area contributed by atoms with Gasteiger partial charge in [0.2, 0.25) is 5.91 Å². The van der Waals surface area contributed by atoms with Crippen LogP contribution < -0.4 is 10.9 Å². The van der Waals surface area contributed by atoms with Crippen molar-refractivity contribution in [3.8, 4) is 0 Å². The fourth-order valence-electron chi connectivity index (χ4n) is 2.12. The van der Waals surface area contributed by atoms with Crippen molar-refractivity contribution >= 4 is 28.4 Å². The number of nitrogens with zero attached hydrogens (tertiary/aromatic N) is 2. The quantitative estimate of drug-likeness (QED) is 0.781. The van der Waals surface area contributed by atoms with Crippen molar-refractivity contribution in [2.24, 2.45) is 0 Å². The van der Waals surface area contributed by atoms with Gasteiger partial charge in [0.25, 0.3) is 5.56 Å². The zero-order valence-electron chi connectivity index (χ0n) is 12.4. The Hall–Kier alpha value is -1.86. The van der Waals surface area contributed by atoms with Gasteiger partial charge in [-0.3, -0.25) is 9.59 Å². The van der Waals surface area contributed by atoms with Crippen LogP contribution in [0.2, 0.25) is 0 Å². The predicted octanol–water partition coefficient (Wildman–Crippen LogP) is 0.627. The second kappa shape index (κ2) is 7.95. The third-order valence-electron chi connectivity index (χ3n) is 3.31. The van der Waals surface area contributed by atoms with E-state index in [1.54, 1.807) is 36.2 Å². The first-order valence-corrected chi connectivity index (χ1v) is 8.39. The van der Waals surface area contributed by atoms with Gasteiger partial charge >= 0.3 is 0 Å². The number of rotatable bonds is 7. The normalized spacial score (nSPS) is 12.3. The van der Waals surface area contributed by atoms with Crippen LogP contribution in [0.4, 0.5) is 0 Å². The van der Waals surface area contributed by atoms with Crippen molar-refractivity contribution in [1.29, 1.82) is 0 Å². The molecule has 0 aliphatic heterocycles. The fraction of sp³-hybridized carbons (Fsp3) is 0.400. The topological polar surface area (TPSA) is 84.2 Å². The molecule has 1 aromatic carbocycles. The van der Waals surface area contributed by atoms with Gasteiger partial charge in [0.1, 0.15) is 6.54 Å². The Kier molecular flexibility index (Phi) is 5.97. The first-order valence-electron chi connectivity index (χ1n) is 6.99. The van der Waals surface area contributed by atoms with Crippen LogP contribution in [0.3, 0.4) is 0 Å². The van der Waals surface area contributed by atoms with Gasteiger partial charge in [-0.05, 0) is 24.5 Å². The predicted molar refractivity (Wildman–Crippen MR) is 88.0 cm³/mol. The van der Waals surface area contributed by atoms with Gasteiger partial charge in [0.15, 0.2) is 0 Å². The molecule has 22 heavy (non-hydrogen) atoms. The molecule has 0 radical (unpaired) electrons. The number of benzene rings is 1. The molecule has 1 amide bonds. The van der Waals surface area contributed by atoms with Crippen LogP contribution in [0.15, 0.2) is 35.3 Å². The first-order chi connectivity index (χ1) is 10.7. The highest BCUT2D eigenvalue weighted by Gasteiger charge is 2.13. The van der Waals surface area contributed by atoms with Gasteiger partial charge in [-0.15, -0.1) is 0 Å². The molecule has 1 heterocycles. The molecule has 1 aromatic heterocycles. The summed E-state index contributed by atoms with van der Waals surface area (Å²) >= 11 is 1.65. The molecule has 0 aliphatic carbocycles. The number of aliphatic hydroxyl groups is 1. The lowest BCUT2D eigenvalue weighted by Gasteiger charge is -2.16. The zero-order chi connectivity index (χ0) is 15.9. The van der Waals surface area contributed by atoms with E-state index in [0.29, 0.717) is 11.8 Å². The number of fused-ring (bicyclic) bond motifs is 1. The molecule has 0 saturated heterocycles. The molecule has 0 fully saturated rings. The van der Waals surface area contributed by atoms with Crippen LogP contribution >= 0.6 is 11.8 Å². The summed E-state index contributed by atoms with van der Waals surface area (Å²) in [4.78, 5) is 24.3. The Morgan fingerprint density at radius 2 is 2.23 bits per heavy atom. The highest BCUT2D eigenvalue weighted by molar-refractivity contribution is 7.98. The largest absolute Gasteiger partial charge is 0.394 e. The van der Waals surface area contributed by atoms with E-state index < -0.39 is 0 Å². The highest BCUT2D eigenvalue weighted by atomic mass is 32.2. The van der Waals surface area contributed by atoms with E-state index in [2.05, 4.69) is 10.4 Å². The van der Waals surface area contributed by atoms with E-state index in [9.17, 15) is 14.7 Å². The van der Waals surface area contributed by atoms with E-state index in [0.717, 1.165) is 15.8 Å². The molecular weight excluding hydrogens is 302 g/mol. The van der Waals surface area contributed by atoms with Crippen molar-refractivity contribution < 1.29 is 9.90 Å². The van der Waals surface area contributed by atoms with Gasteiger partial charge in [0, 0.05) is 5.39 Å². The Bertz CT molecular complexity index is 702. The average Bonchev–Trinajstić information content (AvgIpc) is 2.54. The second-order valence-electron chi connectivity index (χ2n) is 4.92. The highest BCUT2D eigenvalue weighted by Crippen LogP contribution is 2.06. The van der Waals surface area contributed by atoms with Crippen molar-refractivity contribution in [2.45, 2.75) is 19.0 Å². The van der Waals surface area contributed by atoms with E-state index >= 15 is 0 Å². The van der Waals surface area contributed by atoms with Crippen molar-refractivity contribution in [1.82, 2.24) is 15.1 Å². The van der Waals surface area contributed by atoms with Crippen LogP contribution in [0.5, 0.6) is 0 Å². The van der Waals surface area contributed by atoms with Gasteiger partial charge < -0.3 is 10.4 Å². The monoisotopic (exact) mass is 321 g/mol. The lowest BCUT2D eigenvalue weighted by atomic mass is 10.2. The molecule has 2 rings (SSSR count). The SMILES string of the molecule is CSCC[C@@H](CO)NC(=O)Cn1ncc2ccccc2c1=O. The molecule has 0 bridgehead atoms. The van der Waals surface area contributed by atoms with E-state index in [-0.39, 0.29) is 30.7 Å². The fourth-order valence-corrected chi connectivity index (χ4v) is 2.64. The molecule has 0 aliphatic rings. The number of amides is 1. The summed E-state index contributed by atoms with van der Waals surface area (Å²) in [5.41, 5.74) is -0.294. The second-order valence-corrected chi connectivity index (χ2v) is 5.91. The van der Waals surface area contributed by atoms with E-state index in [4.69, 9.17) is 0 Å². The number of carbonyl (C=O) groups excluding carboxylic acids is 1. The lowest BCUT2D eigenvalue weighted by molar-refractivity contribution is -0.122. The summed E-state index contributed by atoms with van der Waals surface area (Å²) in [5, 5.41) is 17.3. The lowest BCUT2D eigenvalue weighted by Crippen LogP contribution is -2.41. The summed E-state index contributed by atoms with van der Waals surface area (Å²) in [6, 6.07) is 6.83. The third-order valence-corrected chi connectivity index (χ3v) is 3.96. The number of aromatic nitrogens is 2. The summed E-state index contributed by atoms with van der Waals surface area (Å²) in [6.07, 6.45) is 4.22. The molecular formula is C15H19N3O3S. The van der Waals surface area contributed by atoms with Crippen LogP contribution in [-0.4, -0.2) is 45.5 Å². The van der Waals surface area contributed by atoms with Crippen LogP contribution in [0.1, 0.15) is 6.42 Å². The van der Waals surface area contributed by atoms with Crippen molar-refractivity contribution in [2.75, 3.05) is 18.6 Å².